The van der Waals surface area contributed by atoms with E-state index in [4.69, 9.17) is 9.84 Å². The molecule has 12 heteroatoms. The van der Waals surface area contributed by atoms with Crippen LogP contribution in [-0.2, 0) is 19.8 Å². The van der Waals surface area contributed by atoms with Gasteiger partial charge < -0.3 is 15.4 Å². The van der Waals surface area contributed by atoms with Crippen molar-refractivity contribution in [3.63, 3.8) is 0 Å². The average Bonchev–Trinajstić information content (AvgIpc) is 3.59. The smallest absolute Gasteiger partial charge is 0.438 e. The molecule has 9 nitrogen and oxygen atoms in total. The second-order valence-electron chi connectivity index (χ2n) is 10.0. The number of carbonyl (C=O) groups is 1. The maximum atomic E-state index is 13.4. The number of nitrogens with one attached hydrogen (secondary N) is 2. The van der Waals surface area contributed by atoms with Gasteiger partial charge in [-0.25, -0.2) is 4.98 Å². The fourth-order valence-electron chi connectivity index (χ4n) is 5.50. The maximum absolute atomic E-state index is 13.4. The SMILES string of the molecule is CCNc1cc2c(cn1)c(-c1ccc3c(c1)C(=O)NC3)nn2C1CCC(Oc2cn(C)nc2C(F)(F)F)CC1. The predicted octanol–water partition coefficient (Wildman–Crippen LogP) is 5.09. The zero-order valence-corrected chi connectivity index (χ0v) is 21.5. The number of rotatable bonds is 6. The Hall–Kier alpha value is -4.09. The van der Waals surface area contributed by atoms with Crippen LogP contribution in [0.3, 0.4) is 0 Å². The van der Waals surface area contributed by atoms with Crippen LogP contribution in [0.4, 0.5) is 19.0 Å². The summed E-state index contributed by atoms with van der Waals surface area (Å²) in [7, 11) is 1.45. The minimum Gasteiger partial charge on any atom is -0.486 e. The number of nitrogens with zero attached hydrogens (tertiary/aromatic N) is 5. The van der Waals surface area contributed by atoms with Gasteiger partial charge in [-0.3, -0.25) is 14.2 Å². The van der Waals surface area contributed by atoms with Gasteiger partial charge in [0.1, 0.15) is 11.5 Å². The van der Waals surface area contributed by atoms with E-state index in [0.29, 0.717) is 37.8 Å². The van der Waals surface area contributed by atoms with Crippen LogP contribution >= 0.6 is 0 Å². The highest BCUT2D eigenvalue weighted by Gasteiger charge is 2.39. The molecule has 1 aliphatic carbocycles. The Bertz CT molecular complexity index is 1550. The highest BCUT2D eigenvalue weighted by atomic mass is 19.4. The number of pyridine rings is 1. The largest absolute Gasteiger partial charge is 0.486 e. The van der Waals surface area contributed by atoms with E-state index in [-0.39, 0.29) is 23.8 Å². The lowest BCUT2D eigenvalue weighted by Gasteiger charge is -2.29. The molecule has 0 saturated heterocycles. The first-order valence-corrected chi connectivity index (χ1v) is 13.0. The molecular weight excluding hydrogens is 511 g/mol. The highest BCUT2D eigenvalue weighted by Crippen LogP contribution is 2.39. The van der Waals surface area contributed by atoms with Gasteiger partial charge in [0.05, 0.1) is 23.9 Å². The molecule has 1 aromatic carbocycles. The van der Waals surface area contributed by atoms with Crippen LogP contribution in [0.5, 0.6) is 5.75 Å². The van der Waals surface area contributed by atoms with Crippen LogP contribution in [0.15, 0.2) is 36.7 Å². The molecule has 3 aromatic heterocycles. The highest BCUT2D eigenvalue weighted by molar-refractivity contribution is 6.01. The number of aromatic nitrogens is 5. The summed E-state index contributed by atoms with van der Waals surface area (Å²) in [5, 5.41) is 15.5. The molecular formula is C27H28F3N7O2. The lowest BCUT2D eigenvalue weighted by molar-refractivity contribution is -0.143. The van der Waals surface area contributed by atoms with Crippen LogP contribution in [-0.4, -0.2) is 43.1 Å². The van der Waals surface area contributed by atoms with Crippen LogP contribution < -0.4 is 15.4 Å². The Morgan fingerprint density at radius 1 is 1.15 bits per heavy atom. The standard InChI is InChI=1S/C27H28F3N7O2/c1-3-31-23-11-21-20(13-32-23)24(15-4-5-16-12-33-26(38)19(16)10-15)34-37(21)17-6-8-18(9-7-17)39-22-14-36(2)35-25(22)27(28,29)30/h4-5,10-11,13-14,17-18H,3,6-9,12H2,1-2H3,(H,31,32)(H,33,38). The first-order valence-electron chi connectivity index (χ1n) is 13.0. The number of halogens is 3. The molecule has 0 bridgehead atoms. The molecule has 2 aliphatic rings. The van der Waals surface area contributed by atoms with E-state index in [2.05, 4.69) is 20.7 Å². The van der Waals surface area contributed by atoms with Crippen molar-refractivity contribution in [2.45, 2.75) is 57.5 Å². The summed E-state index contributed by atoms with van der Waals surface area (Å²) >= 11 is 0. The van der Waals surface area contributed by atoms with Crippen molar-refractivity contribution >= 4 is 22.6 Å². The first-order chi connectivity index (χ1) is 18.7. The zero-order valence-electron chi connectivity index (χ0n) is 21.5. The molecule has 1 aliphatic heterocycles. The van der Waals surface area contributed by atoms with Gasteiger partial charge in [0.15, 0.2) is 5.75 Å². The van der Waals surface area contributed by atoms with Gasteiger partial charge in [-0.05, 0) is 44.2 Å². The van der Waals surface area contributed by atoms with Crippen molar-refractivity contribution in [3.05, 3.63) is 53.5 Å². The lowest BCUT2D eigenvalue weighted by Crippen LogP contribution is -2.27. The summed E-state index contributed by atoms with van der Waals surface area (Å²) in [4.78, 5) is 16.8. The molecule has 4 aromatic rings. The number of amides is 1. The van der Waals surface area contributed by atoms with E-state index >= 15 is 0 Å². The van der Waals surface area contributed by atoms with E-state index in [0.717, 1.165) is 44.8 Å². The molecule has 4 heterocycles. The van der Waals surface area contributed by atoms with Crippen LogP contribution in [0.25, 0.3) is 22.2 Å². The predicted molar refractivity (Wildman–Crippen MR) is 138 cm³/mol. The summed E-state index contributed by atoms with van der Waals surface area (Å²) in [5.74, 6) is 0.408. The minimum atomic E-state index is -4.57. The van der Waals surface area contributed by atoms with Gasteiger partial charge in [-0.1, -0.05) is 12.1 Å². The van der Waals surface area contributed by atoms with Crippen molar-refractivity contribution in [1.29, 1.82) is 0 Å². The summed E-state index contributed by atoms with van der Waals surface area (Å²) in [6.45, 7) is 3.24. The molecule has 204 valence electrons. The summed E-state index contributed by atoms with van der Waals surface area (Å²) in [6.07, 6.45) is 0.692. The minimum absolute atomic E-state index is 0.0340. The van der Waals surface area contributed by atoms with Crippen molar-refractivity contribution in [2.75, 3.05) is 11.9 Å². The summed E-state index contributed by atoms with van der Waals surface area (Å²) in [5.41, 5.74) is 3.10. The van der Waals surface area contributed by atoms with Crippen molar-refractivity contribution in [3.8, 4) is 17.0 Å². The van der Waals surface area contributed by atoms with Crippen molar-refractivity contribution < 1.29 is 22.7 Å². The molecule has 1 amide bonds. The van der Waals surface area contributed by atoms with Crippen molar-refractivity contribution in [2.24, 2.45) is 7.05 Å². The lowest BCUT2D eigenvalue weighted by atomic mass is 9.93. The Kier molecular flexibility index (Phi) is 6.19. The third kappa shape index (κ3) is 4.68. The third-order valence-electron chi connectivity index (χ3n) is 7.36. The van der Waals surface area contributed by atoms with Gasteiger partial charge >= 0.3 is 6.18 Å². The normalized spacial score (nSPS) is 19.3. The Labute approximate surface area is 222 Å². The molecule has 0 spiro atoms. The van der Waals surface area contributed by atoms with Crippen molar-refractivity contribution in [1.82, 2.24) is 29.9 Å². The summed E-state index contributed by atoms with van der Waals surface area (Å²) < 4.78 is 49.0. The van der Waals surface area contributed by atoms with E-state index in [1.54, 1.807) is 6.20 Å². The molecule has 0 radical (unpaired) electrons. The maximum Gasteiger partial charge on any atom is 0.438 e. The second-order valence-corrected chi connectivity index (χ2v) is 10.0. The number of ether oxygens (including phenoxy) is 1. The number of aryl methyl sites for hydroxylation is 1. The van der Waals surface area contributed by atoms with E-state index in [1.807, 2.05) is 35.9 Å². The van der Waals surface area contributed by atoms with E-state index < -0.39 is 11.9 Å². The monoisotopic (exact) mass is 539 g/mol. The van der Waals surface area contributed by atoms with Gasteiger partial charge in [0, 0.05) is 48.9 Å². The Morgan fingerprint density at radius 3 is 2.69 bits per heavy atom. The van der Waals surface area contributed by atoms with Gasteiger partial charge in [-0.2, -0.15) is 23.4 Å². The molecule has 1 fully saturated rings. The number of fused-ring (bicyclic) bond motifs is 2. The topological polar surface area (TPSA) is 98.9 Å². The van der Waals surface area contributed by atoms with Crippen LogP contribution in [0, 0.1) is 0 Å². The number of carbonyl (C=O) groups excluding carboxylic acids is 1. The number of hydrogen-bond donors (Lipinski definition) is 2. The van der Waals surface area contributed by atoms with E-state index in [1.165, 1.54) is 13.2 Å². The Balaban J connectivity index is 1.29. The third-order valence-corrected chi connectivity index (χ3v) is 7.36. The summed E-state index contributed by atoms with van der Waals surface area (Å²) in [6, 6.07) is 7.80. The fraction of sp³-hybridized carbons (Fsp3) is 0.407. The number of anilines is 1. The van der Waals surface area contributed by atoms with E-state index in [9.17, 15) is 18.0 Å². The molecule has 39 heavy (non-hydrogen) atoms. The van der Waals surface area contributed by atoms with Crippen LogP contribution in [0.2, 0.25) is 0 Å². The fourth-order valence-corrected chi connectivity index (χ4v) is 5.50. The van der Waals surface area contributed by atoms with Gasteiger partial charge in [-0.15, -0.1) is 0 Å². The quantitative estimate of drug-likeness (QED) is 0.354. The number of benzene rings is 1. The second kappa shape index (κ2) is 9.58. The van der Waals surface area contributed by atoms with Crippen LogP contribution in [0.1, 0.15) is 60.3 Å². The molecule has 1 saturated carbocycles. The zero-order chi connectivity index (χ0) is 27.3. The number of hydrogen-bond acceptors (Lipinski definition) is 6. The first kappa shape index (κ1) is 25.2. The average molecular weight is 540 g/mol. The number of alkyl halides is 3. The van der Waals surface area contributed by atoms with Gasteiger partial charge in [0.25, 0.3) is 5.91 Å². The molecule has 0 atom stereocenters. The Morgan fingerprint density at radius 2 is 1.95 bits per heavy atom. The molecule has 2 N–H and O–H groups in total. The molecule has 6 rings (SSSR count). The molecule has 0 unspecified atom stereocenters. The van der Waals surface area contributed by atoms with Gasteiger partial charge in [0.2, 0.25) is 5.69 Å².